The van der Waals surface area contributed by atoms with Crippen molar-refractivity contribution in [1.82, 2.24) is 19.4 Å². The summed E-state index contributed by atoms with van der Waals surface area (Å²) in [6.45, 7) is 7.30. The number of amides is 2. The zero-order chi connectivity index (χ0) is 26.4. The van der Waals surface area contributed by atoms with Crippen molar-refractivity contribution in [2.75, 3.05) is 24.1 Å². The predicted molar refractivity (Wildman–Crippen MR) is 149 cm³/mol. The molecular weight excluding hydrogens is 476 g/mol. The van der Waals surface area contributed by atoms with Gasteiger partial charge in [-0.25, -0.2) is 9.97 Å². The van der Waals surface area contributed by atoms with Crippen molar-refractivity contribution < 1.29 is 9.59 Å². The number of nitrogens with one attached hydrogen (secondary N) is 1. The Morgan fingerprint density at radius 3 is 2.37 bits per heavy atom. The number of nitrogens with zero attached hydrogens (tertiary/aromatic N) is 4. The molecule has 0 spiro atoms. The van der Waals surface area contributed by atoms with Crippen LogP contribution in [0.15, 0.2) is 73.6 Å². The Labute approximate surface area is 221 Å². The van der Waals surface area contributed by atoms with Crippen molar-refractivity contribution in [3.8, 4) is 11.1 Å². The van der Waals surface area contributed by atoms with E-state index >= 15 is 0 Å². The molecule has 0 radical (unpaired) electrons. The Bertz CT molecular complexity index is 1530. The molecule has 2 aromatic heterocycles. The number of benzene rings is 2. The largest absolute Gasteiger partial charge is 0.383 e. The summed E-state index contributed by atoms with van der Waals surface area (Å²) in [6, 6.07) is 17.3. The van der Waals surface area contributed by atoms with Crippen molar-refractivity contribution in [2.45, 2.75) is 25.8 Å². The number of fused-ring (bicyclic) bond motifs is 2. The number of hydrogen-bond donors (Lipinski definition) is 2. The normalized spacial score (nSPS) is 20.4. The van der Waals surface area contributed by atoms with Crippen LogP contribution in [0.1, 0.15) is 34.9 Å². The van der Waals surface area contributed by atoms with Crippen LogP contribution in [-0.4, -0.2) is 44.3 Å². The third-order valence-electron chi connectivity index (χ3n) is 8.10. The zero-order valence-electron chi connectivity index (χ0n) is 21.3. The number of carbonyl (C=O) groups excluding carboxylic acids is 2. The van der Waals surface area contributed by atoms with E-state index in [1.807, 2.05) is 59.5 Å². The first-order valence-corrected chi connectivity index (χ1v) is 12.9. The SMILES string of the molecule is C=CC(=O)N1CC2CC(n3c(C)c(-c4ccc(C(=O)Nc5ccccc5)cc4)c4c(N)ncnc43)CC2C1. The van der Waals surface area contributed by atoms with Crippen molar-refractivity contribution in [3.05, 3.63) is 84.8 Å². The molecule has 0 bridgehead atoms. The van der Waals surface area contributed by atoms with Gasteiger partial charge in [0.25, 0.3) is 5.91 Å². The highest BCUT2D eigenvalue weighted by Crippen LogP contribution is 2.47. The first-order valence-electron chi connectivity index (χ1n) is 12.9. The van der Waals surface area contributed by atoms with E-state index in [0.717, 1.165) is 59.5 Å². The summed E-state index contributed by atoms with van der Waals surface area (Å²) in [4.78, 5) is 35.8. The standard InChI is InChI=1S/C30H30N6O2/c1-3-25(37)35-15-21-13-24(14-22(21)16-35)36-18(2)26(27-28(31)32-17-33-29(27)36)19-9-11-20(12-10-19)30(38)34-23-7-5-4-6-8-23/h3-12,17,21-22,24H,1,13-16H2,2H3,(H,34,38)(H2,31,32,33). The van der Waals surface area contributed by atoms with Crippen LogP contribution in [0.5, 0.6) is 0 Å². The summed E-state index contributed by atoms with van der Waals surface area (Å²) in [5.41, 5.74) is 11.6. The minimum Gasteiger partial charge on any atom is -0.383 e. The van der Waals surface area contributed by atoms with Crippen molar-refractivity contribution in [2.24, 2.45) is 11.8 Å². The van der Waals surface area contributed by atoms with Gasteiger partial charge in [-0.05, 0) is 67.5 Å². The van der Waals surface area contributed by atoms with Gasteiger partial charge in [-0.3, -0.25) is 9.59 Å². The van der Waals surface area contributed by atoms with Gasteiger partial charge in [0.1, 0.15) is 17.8 Å². The molecule has 6 rings (SSSR count). The number of likely N-dealkylation sites (tertiary alicyclic amines) is 1. The maximum absolute atomic E-state index is 12.8. The van der Waals surface area contributed by atoms with Gasteiger partial charge in [-0.1, -0.05) is 36.9 Å². The van der Waals surface area contributed by atoms with Crippen LogP contribution in [0.2, 0.25) is 0 Å². The molecule has 192 valence electrons. The summed E-state index contributed by atoms with van der Waals surface area (Å²) < 4.78 is 2.32. The average Bonchev–Trinajstić information content (AvgIpc) is 3.59. The lowest BCUT2D eigenvalue weighted by atomic mass is 10.0. The number of anilines is 2. The van der Waals surface area contributed by atoms with Crippen molar-refractivity contribution in [3.63, 3.8) is 0 Å². The van der Waals surface area contributed by atoms with Gasteiger partial charge in [0.2, 0.25) is 5.91 Å². The summed E-state index contributed by atoms with van der Waals surface area (Å²) in [6.07, 6.45) is 4.90. The first-order chi connectivity index (χ1) is 18.4. The second kappa shape index (κ2) is 9.45. The van der Waals surface area contributed by atoms with Gasteiger partial charge in [-0.2, -0.15) is 0 Å². The van der Waals surface area contributed by atoms with Crippen LogP contribution >= 0.6 is 0 Å². The summed E-state index contributed by atoms with van der Waals surface area (Å²) >= 11 is 0. The molecule has 38 heavy (non-hydrogen) atoms. The average molecular weight is 507 g/mol. The molecule has 2 atom stereocenters. The van der Waals surface area contributed by atoms with E-state index < -0.39 is 0 Å². The summed E-state index contributed by atoms with van der Waals surface area (Å²) in [5.74, 6) is 1.23. The van der Waals surface area contributed by atoms with E-state index in [2.05, 4.69) is 33.4 Å². The Morgan fingerprint density at radius 2 is 1.71 bits per heavy atom. The quantitative estimate of drug-likeness (QED) is 0.377. The molecule has 1 aliphatic heterocycles. The molecule has 2 unspecified atom stereocenters. The molecule has 3 N–H and O–H groups in total. The fraction of sp³-hybridized carbons (Fsp3) is 0.267. The topological polar surface area (TPSA) is 106 Å². The predicted octanol–water partition coefficient (Wildman–Crippen LogP) is 4.84. The number of carbonyl (C=O) groups is 2. The van der Waals surface area contributed by atoms with Crippen molar-refractivity contribution >= 4 is 34.4 Å². The Morgan fingerprint density at radius 1 is 1.03 bits per heavy atom. The zero-order valence-corrected chi connectivity index (χ0v) is 21.3. The Hall–Kier alpha value is -4.46. The van der Waals surface area contributed by atoms with Gasteiger partial charge >= 0.3 is 0 Å². The van der Waals surface area contributed by atoms with E-state index in [-0.39, 0.29) is 17.9 Å². The molecule has 1 aliphatic carbocycles. The summed E-state index contributed by atoms with van der Waals surface area (Å²) in [5, 5.41) is 3.77. The number of nitrogen functional groups attached to an aromatic ring is 1. The monoisotopic (exact) mass is 506 g/mol. The molecule has 8 heteroatoms. The minimum atomic E-state index is -0.161. The molecule has 4 aromatic rings. The Balaban J connectivity index is 1.31. The highest BCUT2D eigenvalue weighted by atomic mass is 16.2. The van der Waals surface area contributed by atoms with E-state index in [1.165, 1.54) is 12.4 Å². The number of nitrogens with two attached hydrogens (primary N) is 1. The van der Waals surface area contributed by atoms with Crippen LogP contribution in [0.25, 0.3) is 22.2 Å². The molecule has 2 fully saturated rings. The lowest BCUT2D eigenvalue weighted by molar-refractivity contribution is -0.125. The molecule has 3 heterocycles. The van der Waals surface area contributed by atoms with Gasteiger partial charge in [0, 0.05) is 41.6 Å². The van der Waals surface area contributed by atoms with Crippen LogP contribution < -0.4 is 11.1 Å². The lowest BCUT2D eigenvalue weighted by Crippen LogP contribution is -2.28. The smallest absolute Gasteiger partial charge is 0.255 e. The first kappa shape index (κ1) is 23.9. The van der Waals surface area contributed by atoms with E-state index in [4.69, 9.17) is 5.73 Å². The van der Waals surface area contributed by atoms with Gasteiger partial charge in [-0.15, -0.1) is 0 Å². The highest BCUT2D eigenvalue weighted by molar-refractivity contribution is 6.06. The second-order valence-electron chi connectivity index (χ2n) is 10.3. The summed E-state index contributed by atoms with van der Waals surface area (Å²) in [7, 11) is 0. The van der Waals surface area contributed by atoms with Crippen LogP contribution in [-0.2, 0) is 4.79 Å². The number of hydrogen-bond acceptors (Lipinski definition) is 5. The maximum atomic E-state index is 12.8. The molecular formula is C30H30N6O2. The minimum absolute atomic E-state index is 0.0160. The maximum Gasteiger partial charge on any atom is 0.255 e. The number of para-hydroxylation sites is 1. The fourth-order valence-electron chi connectivity index (χ4n) is 6.37. The Kier molecular flexibility index (Phi) is 5.94. The van der Waals surface area contributed by atoms with Crippen LogP contribution in [0.4, 0.5) is 11.5 Å². The van der Waals surface area contributed by atoms with Crippen LogP contribution in [0.3, 0.4) is 0 Å². The molecule has 1 saturated carbocycles. The molecule has 2 amide bonds. The van der Waals surface area contributed by atoms with Crippen LogP contribution in [0, 0.1) is 18.8 Å². The second-order valence-corrected chi connectivity index (χ2v) is 10.3. The molecule has 2 aliphatic rings. The van der Waals surface area contributed by atoms with Gasteiger partial charge < -0.3 is 20.5 Å². The van der Waals surface area contributed by atoms with Gasteiger partial charge in [0.05, 0.1) is 5.39 Å². The third kappa shape index (κ3) is 4.02. The molecule has 2 aromatic carbocycles. The van der Waals surface area contributed by atoms with E-state index in [9.17, 15) is 9.59 Å². The third-order valence-corrected chi connectivity index (χ3v) is 8.10. The number of aromatic nitrogens is 3. The van der Waals surface area contributed by atoms with E-state index in [0.29, 0.717) is 23.2 Å². The molecule has 8 nitrogen and oxygen atoms in total. The molecule has 1 saturated heterocycles. The van der Waals surface area contributed by atoms with Gasteiger partial charge in [0.15, 0.2) is 0 Å². The van der Waals surface area contributed by atoms with Crippen molar-refractivity contribution in [1.29, 1.82) is 0 Å². The highest BCUT2D eigenvalue weighted by Gasteiger charge is 2.43. The fourth-order valence-corrected chi connectivity index (χ4v) is 6.37. The van der Waals surface area contributed by atoms with E-state index in [1.54, 1.807) is 0 Å². The number of rotatable bonds is 5. The lowest BCUT2D eigenvalue weighted by Gasteiger charge is -2.20.